The first kappa shape index (κ1) is 12.9. The molecule has 1 fully saturated rings. The van der Waals surface area contributed by atoms with Crippen molar-refractivity contribution in [3.05, 3.63) is 52.7 Å². The van der Waals surface area contributed by atoms with Crippen molar-refractivity contribution in [2.24, 2.45) is 0 Å². The summed E-state index contributed by atoms with van der Waals surface area (Å²) in [5, 5.41) is 0. The van der Waals surface area contributed by atoms with Crippen LogP contribution in [-0.2, 0) is 0 Å². The lowest BCUT2D eigenvalue weighted by atomic mass is 10.1. The Bertz CT molecular complexity index is 929. The standard InChI is InChI=1S/C16H13FN4O/c17-10-3-1-9(2-4-10)13-16(22)21(11-5-6-11)15-14(20-13)12(18)7-8-19-15/h1-4,7-8,11H,5-6H2,(H2,18,19). The summed E-state index contributed by atoms with van der Waals surface area (Å²) < 4.78 is 14.8. The Labute approximate surface area is 125 Å². The lowest BCUT2D eigenvalue weighted by Crippen LogP contribution is -2.24. The molecule has 0 unspecified atom stereocenters. The van der Waals surface area contributed by atoms with Crippen molar-refractivity contribution >= 4 is 16.9 Å². The molecule has 6 heteroatoms. The van der Waals surface area contributed by atoms with E-state index in [1.807, 2.05) is 0 Å². The van der Waals surface area contributed by atoms with E-state index in [4.69, 9.17) is 5.73 Å². The average Bonchev–Trinajstić information content (AvgIpc) is 3.33. The molecule has 1 aromatic carbocycles. The number of nitrogens with zero attached hydrogens (tertiary/aromatic N) is 3. The maximum atomic E-state index is 13.1. The largest absolute Gasteiger partial charge is 0.397 e. The van der Waals surface area contributed by atoms with Crippen LogP contribution in [0.1, 0.15) is 18.9 Å². The fraction of sp³-hybridized carbons (Fsp3) is 0.188. The van der Waals surface area contributed by atoms with Crippen LogP contribution >= 0.6 is 0 Å². The van der Waals surface area contributed by atoms with Crippen LogP contribution < -0.4 is 11.3 Å². The van der Waals surface area contributed by atoms with Gasteiger partial charge in [0.2, 0.25) is 0 Å². The first-order valence-corrected chi connectivity index (χ1v) is 7.08. The fourth-order valence-electron chi connectivity index (χ4n) is 2.59. The summed E-state index contributed by atoms with van der Waals surface area (Å²) in [6.45, 7) is 0. The Morgan fingerprint density at radius 3 is 2.59 bits per heavy atom. The van der Waals surface area contributed by atoms with Crippen LogP contribution in [0.25, 0.3) is 22.4 Å². The molecule has 0 aliphatic heterocycles. The molecule has 110 valence electrons. The molecular weight excluding hydrogens is 283 g/mol. The molecule has 1 aliphatic carbocycles. The van der Waals surface area contributed by atoms with E-state index in [1.165, 1.54) is 12.1 Å². The minimum Gasteiger partial charge on any atom is -0.397 e. The maximum absolute atomic E-state index is 13.1. The van der Waals surface area contributed by atoms with Crippen LogP contribution in [0, 0.1) is 5.82 Å². The first-order chi connectivity index (χ1) is 10.6. The van der Waals surface area contributed by atoms with Gasteiger partial charge in [-0.1, -0.05) is 0 Å². The number of nitrogen functional groups attached to an aromatic ring is 1. The second-order valence-electron chi connectivity index (χ2n) is 5.45. The zero-order valence-corrected chi connectivity index (χ0v) is 11.7. The van der Waals surface area contributed by atoms with Crippen LogP contribution in [0.15, 0.2) is 41.3 Å². The molecule has 2 heterocycles. The summed E-state index contributed by atoms with van der Waals surface area (Å²) in [6.07, 6.45) is 3.46. The number of aromatic nitrogens is 3. The molecule has 4 rings (SSSR count). The number of benzene rings is 1. The van der Waals surface area contributed by atoms with Gasteiger partial charge in [-0.3, -0.25) is 9.36 Å². The molecule has 0 saturated heterocycles. The summed E-state index contributed by atoms with van der Waals surface area (Å²) in [5.41, 5.74) is 8.13. The van der Waals surface area contributed by atoms with Gasteiger partial charge < -0.3 is 5.73 Å². The molecule has 0 bridgehead atoms. The average molecular weight is 296 g/mol. The van der Waals surface area contributed by atoms with Gasteiger partial charge in [0.25, 0.3) is 5.56 Å². The molecule has 2 N–H and O–H groups in total. The van der Waals surface area contributed by atoms with Crippen molar-refractivity contribution in [2.75, 3.05) is 5.73 Å². The number of rotatable bonds is 2. The van der Waals surface area contributed by atoms with Crippen LogP contribution in [0.5, 0.6) is 0 Å². The zero-order chi connectivity index (χ0) is 15.3. The number of hydrogen-bond donors (Lipinski definition) is 1. The van der Waals surface area contributed by atoms with Gasteiger partial charge in [0.05, 0.1) is 5.69 Å². The predicted octanol–water partition coefficient (Wildman–Crippen LogP) is 2.51. The number of fused-ring (bicyclic) bond motifs is 1. The molecule has 0 radical (unpaired) electrons. The molecule has 0 amide bonds. The fourth-order valence-corrected chi connectivity index (χ4v) is 2.59. The molecule has 1 saturated carbocycles. The number of nitrogens with two attached hydrogens (primary N) is 1. The van der Waals surface area contributed by atoms with Crippen molar-refractivity contribution in [3.63, 3.8) is 0 Å². The van der Waals surface area contributed by atoms with Gasteiger partial charge in [0, 0.05) is 17.8 Å². The van der Waals surface area contributed by atoms with E-state index in [-0.39, 0.29) is 23.1 Å². The second-order valence-corrected chi connectivity index (χ2v) is 5.45. The van der Waals surface area contributed by atoms with E-state index in [0.717, 1.165) is 12.8 Å². The van der Waals surface area contributed by atoms with E-state index in [0.29, 0.717) is 22.4 Å². The van der Waals surface area contributed by atoms with Crippen molar-refractivity contribution in [1.82, 2.24) is 14.5 Å². The maximum Gasteiger partial charge on any atom is 0.278 e. The highest BCUT2D eigenvalue weighted by Crippen LogP contribution is 2.36. The van der Waals surface area contributed by atoms with Crippen LogP contribution in [0.2, 0.25) is 0 Å². The summed E-state index contributed by atoms with van der Waals surface area (Å²) in [6, 6.07) is 7.53. The monoisotopic (exact) mass is 296 g/mol. The normalized spacial score (nSPS) is 14.4. The van der Waals surface area contributed by atoms with Crippen LogP contribution in [-0.4, -0.2) is 14.5 Å². The van der Waals surface area contributed by atoms with Gasteiger partial charge in [-0.05, 0) is 43.2 Å². The van der Waals surface area contributed by atoms with Gasteiger partial charge in [-0.15, -0.1) is 0 Å². The number of pyridine rings is 1. The van der Waals surface area contributed by atoms with Gasteiger partial charge >= 0.3 is 0 Å². The smallest absolute Gasteiger partial charge is 0.278 e. The molecule has 0 spiro atoms. The first-order valence-electron chi connectivity index (χ1n) is 7.08. The lowest BCUT2D eigenvalue weighted by molar-refractivity contribution is 0.628. The summed E-state index contributed by atoms with van der Waals surface area (Å²) in [4.78, 5) is 21.5. The van der Waals surface area contributed by atoms with E-state index < -0.39 is 0 Å². The highest BCUT2D eigenvalue weighted by molar-refractivity contribution is 5.85. The molecular formula is C16H13FN4O. The summed E-state index contributed by atoms with van der Waals surface area (Å²) in [7, 11) is 0. The molecule has 3 aromatic rings. The number of halogens is 1. The van der Waals surface area contributed by atoms with E-state index in [2.05, 4.69) is 9.97 Å². The highest BCUT2D eigenvalue weighted by Gasteiger charge is 2.29. The molecule has 22 heavy (non-hydrogen) atoms. The SMILES string of the molecule is Nc1ccnc2c1nc(-c1ccc(F)cc1)c(=O)n2C1CC1. The third-order valence-electron chi connectivity index (χ3n) is 3.84. The van der Waals surface area contributed by atoms with Crippen molar-refractivity contribution in [3.8, 4) is 11.3 Å². The quantitative estimate of drug-likeness (QED) is 0.788. The predicted molar refractivity (Wildman–Crippen MR) is 81.9 cm³/mol. The number of hydrogen-bond acceptors (Lipinski definition) is 4. The van der Waals surface area contributed by atoms with E-state index in [1.54, 1.807) is 29.0 Å². The summed E-state index contributed by atoms with van der Waals surface area (Å²) in [5.74, 6) is -0.353. The zero-order valence-electron chi connectivity index (χ0n) is 11.7. The molecule has 1 aliphatic rings. The minimum atomic E-state index is -0.353. The van der Waals surface area contributed by atoms with Gasteiger partial charge in [0.15, 0.2) is 5.65 Å². The third kappa shape index (κ3) is 1.95. The second kappa shape index (κ2) is 4.62. The highest BCUT2D eigenvalue weighted by atomic mass is 19.1. The van der Waals surface area contributed by atoms with E-state index >= 15 is 0 Å². The lowest BCUT2D eigenvalue weighted by Gasteiger charge is -2.11. The van der Waals surface area contributed by atoms with Gasteiger partial charge in [-0.25, -0.2) is 14.4 Å². The van der Waals surface area contributed by atoms with Crippen LogP contribution in [0.4, 0.5) is 10.1 Å². The minimum absolute atomic E-state index is 0.145. The molecule has 5 nitrogen and oxygen atoms in total. The Kier molecular flexibility index (Phi) is 2.72. The van der Waals surface area contributed by atoms with Crippen LogP contribution in [0.3, 0.4) is 0 Å². The van der Waals surface area contributed by atoms with Crippen molar-refractivity contribution in [2.45, 2.75) is 18.9 Å². The Morgan fingerprint density at radius 2 is 1.91 bits per heavy atom. The van der Waals surface area contributed by atoms with Gasteiger partial charge in [0.1, 0.15) is 17.0 Å². The number of anilines is 1. The van der Waals surface area contributed by atoms with Crippen molar-refractivity contribution in [1.29, 1.82) is 0 Å². The Balaban J connectivity index is 2.07. The third-order valence-corrected chi connectivity index (χ3v) is 3.84. The topological polar surface area (TPSA) is 73.8 Å². The Hall–Kier alpha value is -2.76. The summed E-state index contributed by atoms with van der Waals surface area (Å²) >= 11 is 0. The molecule has 2 aromatic heterocycles. The van der Waals surface area contributed by atoms with E-state index in [9.17, 15) is 9.18 Å². The molecule has 0 atom stereocenters. The van der Waals surface area contributed by atoms with Crippen molar-refractivity contribution < 1.29 is 4.39 Å². The van der Waals surface area contributed by atoms with Gasteiger partial charge in [-0.2, -0.15) is 0 Å². The Morgan fingerprint density at radius 1 is 1.18 bits per heavy atom.